The fourth-order valence-electron chi connectivity index (χ4n) is 2.55. The Bertz CT molecular complexity index is 1030. The summed E-state index contributed by atoms with van der Waals surface area (Å²) in [7, 11) is 1.46. The zero-order chi connectivity index (χ0) is 20.3. The first-order chi connectivity index (χ1) is 13.4. The number of carbonyl (C=O) groups is 2. The molecule has 7 nitrogen and oxygen atoms in total. The largest absolute Gasteiger partial charge is 0.493 e. The van der Waals surface area contributed by atoms with Crippen LogP contribution in [0.1, 0.15) is 35.1 Å². The van der Waals surface area contributed by atoms with Gasteiger partial charge in [0.25, 0.3) is 11.8 Å². The van der Waals surface area contributed by atoms with Gasteiger partial charge in [-0.2, -0.15) is 0 Å². The Morgan fingerprint density at radius 1 is 1.18 bits per heavy atom. The standard InChI is InChI=1S/C20H21N3O4S/c1-11(2)20-23-14-6-5-13(9-17(14)28-20)22-19(25)12-4-7-15(16(8-12)26-3)27-10-18(21)24/h4-9,11H,10H2,1-3H3,(H2,21,24)(H,22,25). The Hall–Kier alpha value is -3.13. The molecule has 146 valence electrons. The molecule has 0 fully saturated rings. The molecule has 0 radical (unpaired) electrons. The summed E-state index contributed by atoms with van der Waals surface area (Å²) in [6, 6.07) is 10.3. The SMILES string of the molecule is COc1cc(C(=O)Nc2ccc3nc(C(C)C)sc3c2)ccc1OCC(N)=O. The summed E-state index contributed by atoms with van der Waals surface area (Å²) in [5.41, 5.74) is 7.08. The third-order valence-corrected chi connectivity index (χ3v) is 5.27. The van der Waals surface area contributed by atoms with Crippen molar-refractivity contribution in [2.45, 2.75) is 19.8 Å². The number of methoxy groups -OCH3 is 1. The molecule has 0 atom stereocenters. The van der Waals surface area contributed by atoms with Gasteiger partial charge in [0.05, 0.1) is 22.3 Å². The second kappa shape index (κ2) is 8.26. The van der Waals surface area contributed by atoms with Gasteiger partial charge in [0.15, 0.2) is 18.1 Å². The summed E-state index contributed by atoms with van der Waals surface area (Å²) in [6.45, 7) is 3.93. The highest BCUT2D eigenvalue weighted by Gasteiger charge is 2.13. The maximum Gasteiger partial charge on any atom is 0.255 e. The zero-order valence-corrected chi connectivity index (χ0v) is 16.6. The molecular weight excluding hydrogens is 378 g/mol. The number of nitrogens with zero attached hydrogens (tertiary/aromatic N) is 1. The van der Waals surface area contributed by atoms with E-state index in [-0.39, 0.29) is 12.5 Å². The van der Waals surface area contributed by atoms with Gasteiger partial charge in [-0.1, -0.05) is 13.8 Å². The first kappa shape index (κ1) is 19.6. The van der Waals surface area contributed by atoms with Crippen LogP contribution in [0.2, 0.25) is 0 Å². The number of nitrogens with one attached hydrogen (secondary N) is 1. The Balaban J connectivity index is 1.78. The molecule has 1 aromatic heterocycles. The molecule has 3 aromatic rings. The molecular formula is C20H21N3O4S. The lowest BCUT2D eigenvalue weighted by Gasteiger charge is -2.11. The van der Waals surface area contributed by atoms with E-state index in [1.54, 1.807) is 29.5 Å². The number of ether oxygens (including phenoxy) is 2. The molecule has 0 spiro atoms. The summed E-state index contributed by atoms with van der Waals surface area (Å²) >= 11 is 1.62. The van der Waals surface area contributed by atoms with Gasteiger partial charge in [-0.05, 0) is 36.4 Å². The molecule has 8 heteroatoms. The van der Waals surface area contributed by atoms with Crippen molar-refractivity contribution in [3.63, 3.8) is 0 Å². The fourth-order valence-corrected chi connectivity index (χ4v) is 3.56. The molecule has 0 aliphatic carbocycles. The fraction of sp³-hybridized carbons (Fsp3) is 0.250. The van der Waals surface area contributed by atoms with Gasteiger partial charge in [0, 0.05) is 17.2 Å². The topological polar surface area (TPSA) is 104 Å². The van der Waals surface area contributed by atoms with Crippen molar-refractivity contribution in [1.82, 2.24) is 4.98 Å². The second-order valence-corrected chi connectivity index (χ2v) is 7.53. The van der Waals surface area contributed by atoms with Crippen LogP contribution in [-0.4, -0.2) is 30.5 Å². The van der Waals surface area contributed by atoms with Crippen molar-refractivity contribution in [3.8, 4) is 11.5 Å². The lowest BCUT2D eigenvalue weighted by atomic mass is 10.1. The summed E-state index contributed by atoms with van der Waals surface area (Å²) in [6.07, 6.45) is 0. The van der Waals surface area contributed by atoms with Crippen LogP contribution in [0.5, 0.6) is 11.5 Å². The van der Waals surface area contributed by atoms with E-state index in [2.05, 4.69) is 24.1 Å². The molecule has 0 aliphatic rings. The minimum absolute atomic E-state index is 0.269. The number of thiazole rings is 1. The van der Waals surface area contributed by atoms with Crippen LogP contribution in [-0.2, 0) is 4.79 Å². The van der Waals surface area contributed by atoms with Crippen LogP contribution < -0.4 is 20.5 Å². The second-order valence-electron chi connectivity index (χ2n) is 6.46. The lowest BCUT2D eigenvalue weighted by Crippen LogP contribution is -2.20. The maximum absolute atomic E-state index is 12.6. The average Bonchev–Trinajstić information content (AvgIpc) is 3.09. The molecule has 0 bridgehead atoms. The van der Waals surface area contributed by atoms with Crippen LogP contribution in [0, 0.1) is 0 Å². The Kier molecular flexibility index (Phi) is 5.79. The number of anilines is 1. The van der Waals surface area contributed by atoms with Crippen molar-refractivity contribution >= 4 is 39.1 Å². The highest BCUT2D eigenvalue weighted by Crippen LogP contribution is 2.30. The van der Waals surface area contributed by atoms with Crippen LogP contribution in [0.3, 0.4) is 0 Å². The monoisotopic (exact) mass is 399 g/mol. The lowest BCUT2D eigenvalue weighted by molar-refractivity contribution is -0.119. The molecule has 2 amide bonds. The first-order valence-electron chi connectivity index (χ1n) is 8.68. The van der Waals surface area contributed by atoms with E-state index in [1.807, 2.05) is 18.2 Å². The van der Waals surface area contributed by atoms with Crippen molar-refractivity contribution in [2.24, 2.45) is 5.73 Å². The quantitative estimate of drug-likeness (QED) is 0.632. The number of primary amides is 1. The Labute approximate surface area is 166 Å². The third kappa shape index (κ3) is 4.40. The molecule has 2 aromatic carbocycles. The number of hydrogen-bond donors (Lipinski definition) is 2. The number of aromatic nitrogens is 1. The predicted octanol–water partition coefficient (Wildman–Crippen LogP) is 3.54. The van der Waals surface area contributed by atoms with E-state index in [4.69, 9.17) is 15.2 Å². The molecule has 1 heterocycles. The van der Waals surface area contributed by atoms with E-state index >= 15 is 0 Å². The maximum atomic E-state index is 12.6. The van der Waals surface area contributed by atoms with Gasteiger partial charge in [-0.15, -0.1) is 11.3 Å². The summed E-state index contributed by atoms with van der Waals surface area (Å²) < 4.78 is 11.5. The van der Waals surface area contributed by atoms with E-state index < -0.39 is 5.91 Å². The van der Waals surface area contributed by atoms with E-state index in [1.165, 1.54) is 7.11 Å². The molecule has 0 unspecified atom stereocenters. The third-order valence-electron chi connectivity index (χ3n) is 3.95. The smallest absolute Gasteiger partial charge is 0.255 e. The van der Waals surface area contributed by atoms with Crippen LogP contribution in [0.4, 0.5) is 5.69 Å². The number of nitrogens with two attached hydrogens (primary N) is 1. The normalized spacial score (nSPS) is 10.9. The van der Waals surface area contributed by atoms with Gasteiger partial charge in [0.2, 0.25) is 0 Å². The van der Waals surface area contributed by atoms with Gasteiger partial charge < -0.3 is 20.5 Å². The van der Waals surface area contributed by atoms with Crippen molar-refractivity contribution in [3.05, 3.63) is 47.0 Å². The van der Waals surface area contributed by atoms with Gasteiger partial charge in [-0.25, -0.2) is 4.98 Å². The van der Waals surface area contributed by atoms with Crippen LogP contribution in [0.25, 0.3) is 10.2 Å². The highest BCUT2D eigenvalue weighted by molar-refractivity contribution is 7.18. The number of carbonyl (C=O) groups excluding carboxylic acids is 2. The van der Waals surface area contributed by atoms with Crippen molar-refractivity contribution in [1.29, 1.82) is 0 Å². The van der Waals surface area contributed by atoms with Gasteiger partial charge in [-0.3, -0.25) is 9.59 Å². The Morgan fingerprint density at radius 3 is 2.64 bits per heavy atom. The molecule has 0 aliphatic heterocycles. The molecule has 3 N–H and O–H groups in total. The van der Waals surface area contributed by atoms with Gasteiger partial charge in [0.1, 0.15) is 0 Å². The molecule has 3 rings (SSSR count). The summed E-state index contributed by atoms with van der Waals surface area (Å²) in [4.78, 5) is 28.1. The highest BCUT2D eigenvalue weighted by atomic mass is 32.1. The molecule has 0 saturated carbocycles. The number of benzene rings is 2. The van der Waals surface area contributed by atoms with Crippen LogP contribution in [0.15, 0.2) is 36.4 Å². The van der Waals surface area contributed by atoms with E-state index in [9.17, 15) is 9.59 Å². The Morgan fingerprint density at radius 2 is 1.96 bits per heavy atom. The minimum Gasteiger partial charge on any atom is -0.493 e. The van der Waals surface area contributed by atoms with Crippen LogP contribution >= 0.6 is 11.3 Å². The first-order valence-corrected chi connectivity index (χ1v) is 9.50. The minimum atomic E-state index is -0.594. The van der Waals surface area contributed by atoms with Crippen molar-refractivity contribution in [2.75, 3.05) is 19.0 Å². The zero-order valence-electron chi connectivity index (χ0n) is 15.8. The van der Waals surface area contributed by atoms with E-state index in [0.717, 1.165) is 15.2 Å². The summed E-state index contributed by atoms with van der Waals surface area (Å²) in [5, 5.41) is 3.94. The number of amides is 2. The predicted molar refractivity (Wildman–Crippen MR) is 109 cm³/mol. The molecule has 0 saturated heterocycles. The average molecular weight is 399 g/mol. The number of rotatable bonds is 7. The van der Waals surface area contributed by atoms with Crippen molar-refractivity contribution < 1.29 is 19.1 Å². The van der Waals surface area contributed by atoms with Gasteiger partial charge >= 0.3 is 0 Å². The van der Waals surface area contributed by atoms with E-state index in [0.29, 0.717) is 28.7 Å². The molecule has 28 heavy (non-hydrogen) atoms. The number of fused-ring (bicyclic) bond motifs is 1. The summed E-state index contributed by atoms with van der Waals surface area (Å²) in [5.74, 6) is 0.160. The number of hydrogen-bond acceptors (Lipinski definition) is 6.